The first-order valence-corrected chi connectivity index (χ1v) is 8.30. The predicted molar refractivity (Wildman–Crippen MR) is 105 cm³/mol. The van der Waals surface area contributed by atoms with Crippen molar-refractivity contribution >= 4 is 29.9 Å². The van der Waals surface area contributed by atoms with E-state index in [1.165, 1.54) is 18.9 Å². The molecule has 0 atom stereocenters. The molecule has 0 heterocycles. The summed E-state index contributed by atoms with van der Waals surface area (Å²) in [6, 6.07) is 5.41. The van der Waals surface area contributed by atoms with Crippen molar-refractivity contribution in [1.29, 1.82) is 0 Å². The molecular weight excluding hydrogens is 443 g/mol. The Labute approximate surface area is 164 Å². The number of hydrogen-bond acceptors (Lipinski definition) is 3. The highest BCUT2D eigenvalue weighted by atomic mass is 127. The molecule has 2 rings (SSSR count). The molecule has 0 amide bonds. The lowest BCUT2D eigenvalue weighted by Crippen LogP contribution is -2.41. The van der Waals surface area contributed by atoms with Crippen LogP contribution in [0.2, 0.25) is 0 Å². The van der Waals surface area contributed by atoms with Gasteiger partial charge in [0.15, 0.2) is 17.5 Å². The maximum absolute atomic E-state index is 12.4. The molecule has 0 aromatic heterocycles. The highest BCUT2D eigenvalue weighted by Crippen LogP contribution is 2.29. The second kappa shape index (κ2) is 11.3. The molecule has 0 aliphatic heterocycles. The van der Waals surface area contributed by atoms with Gasteiger partial charge in [-0.1, -0.05) is 18.9 Å². The third kappa shape index (κ3) is 7.21. The first kappa shape index (κ1) is 21.7. The normalized spacial score (nSPS) is 15.0. The number of ether oxygens (including phenoxy) is 2. The molecule has 2 N–H and O–H groups in total. The van der Waals surface area contributed by atoms with Crippen LogP contribution in [0.1, 0.15) is 38.2 Å². The number of nitrogens with zero attached hydrogens (tertiary/aromatic N) is 1. The van der Waals surface area contributed by atoms with E-state index in [1.807, 2.05) is 0 Å². The molecule has 0 radical (unpaired) electrons. The van der Waals surface area contributed by atoms with Crippen molar-refractivity contribution in [2.24, 2.45) is 4.99 Å². The third-order valence-corrected chi connectivity index (χ3v) is 3.90. The SMILES string of the molecule is CCOc1cc(CNC(=NC)NC2CCCC2)ccc1OC(F)F.I. The van der Waals surface area contributed by atoms with Crippen LogP contribution >= 0.6 is 24.0 Å². The molecule has 0 saturated heterocycles. The van der Waals surface area contributed by atoms with Gasteiger partial charge in [-0.15, -0.1) is 24.0 Å². The van der Waals surface area contributed by atoms with E-state index >= 15 is 0 Å². The topological polar surface area (TPSA) is 54.9 Å². The molecule has 0 bridgehead atoms. The maximum Gasteiger partial charge on any atom is 0.387 e. The summed E-state index contributed by atoms with van der Waals surface area (Å²) in [5, 5.41) is 6.63. The van der Waals surface area contributed by atoms with E-state index in [0.29, 0.717) is 24.9 Å². The molecule has 5 nitrogen and oxygen atoms in total. The lowest BCUT2D eigenvalue weighted by Gasteiger charge is -2.17. The molecule has 142 valence electrons. The second-order valence-corrected chi connectivity index (χ2v) is 5.64. The quantitative estimate of drug-likeness (QED) is 0.361. The summed E-state index contributed by atoms with van der Waals surface area (Å²) in [6.45, 7) is -0.185. The minimum atomic E-state index is -2.87. The van der Waals surface area contributed by atoms with E-state index in [-0.39, 0.29) is 29.7 Å². The lowest BCUT2D eigenvalue weighted by atomic mass is 10.2. The molecule has 1 aliphatic carbocycles. The molecular formula is C17H26F2IN3O2. The van der Waals surface area contributed by atoms with Crippen LogP contribution in [0.4, 0.5) is 8.78 Å². The molecule has 0 unspecified atom stereocenters. The van der Waals surface area contributed by atoms with Gasteiger partial charge in [0.1, 0.15) is 0 Å². The molecule has 1 aliphatic rings. The van der Waals surface area contributed by atoms with Crippen LogP contribution < -0.4 is 20.1 Å². The molecule has 25 heavy (non-hydrogen) atoms. The number of benzene rings is 1. The van der Waals surface area contributed by atoms with Gasteiger partial charge in [-0.05, 0) is 37.5 Å². The van der Waals surface area contributed by atoms with Gasteiger partial charge in [0.2, 0.25) is 0 Å². The Morgan fingerprint density at radius 3 is 2.60 bits per heavy atom. The lowest BCUT2D eigenvalue weighted by molar-refractivity contribution is -0.0514. The first-order valence-electron chi connectivity index (χ1n) is 8.30. The number of nitrogens with one attached hydrogen (secondary N) is 2. The smallest absolute Gasteiger partial charge is 0.387 e. The first-order chi connectivity index (χ1) is 11.6. The van der Waals surface area contributed by atoms with E-state index in [2.05, 4.69) is 20.4 Å². The third-order valence-electron chi connectivity index (χ3n) is 3.90. The van der Waals surface area contributed by atoms with E-state index in [0.717, 1.165) is 24.4 Å². The Morgan fingerprint density at radius 2 is 2.00 bits per heavy atom. The fourth-order valence-electron chi connectivity index (χ4n) is 2.77. The van der Waals surface area contributed by atoms with Gasteiger partial charge in [0.25, 0.3) is 0 Å². The van der Waals surface area contributed by atoms with Crippen LogP contribution in [0, 0.1) is 0 Å². The largest absolute Gasteiger partial charge is 0.490 e. The molecule has 1 aromatic rings. The van der Waals surface area contributed by atoms with Crippen molar-refractivity contribution in [2.45, 2.75) is 51.8 Å². The van der Waals surface area contributed by atoms with Crippen molar-refractivity contribution in [2.75, 3.05) is 13.7 Å². The van der Waals surface area contributed by atoms with Crippen LogP contribution in [0.15, 0.2) is 23.2 Å². The molecule has 1 saturated carbocycles. The van der Waals surface area contributed by atoms with Crippen molar-refractivity contribution in [3.05, 3.63) is 23.8 Å². The highest BCUT2D eigenvalue weighted by Gasteiger charge is 2.16. The summed E-state index contributed by atoms with van der Waals surface area (Å²) in [5.41, 5.74) is 0.898. The zero-order valence-corrected chi connectivity index (χ0v) is 16.9. The standard InChI is InChI=1S/C17H25F2N3O2.HI/c1-3-23-15-10-12(8-9-14(15)24-16(18)19)11-21-17(20-2)22-13-6-4-5-7-13;/h8-10,13,16H,3-7,11H2,1-2H3,(H2,20,21,22);1H. The minimum absolute atomic E-state index is 0. The Bertz CT molecular complexity index is 553. The van der Waals surface area contributed by atoms with Gasteiger partial charge in [-0.25, -0.2) is 0 Å². The average Bonchev–Trinajstić information content (AvgIpc) is 3.06. The van der Waals surface area contributed by atoms with Crippen molar-refractivity contribution in [3.8, 4) is 11.5 Å². The minimum Gasteiger partial charge on any atom is -0.490 e. The summed E-state index contributed by atoms with van der Waals surface area (Å²) in [5.74, 6) is 1.10. The number of halogens is 3. The molecule has 1 fully saturated rings. The number of aliphatic imine (C=N–C) groups is 1. The summed E-state index contributed by atoms with van der Waals surface area (Å²) in [6.07, 6.45) is 4.82. The molecule has 8 heteroatoms. The highest BCUT2D eigenvalue weighted by molar-refractivity contribution is 14.0. The van der Waals surface area contributed by atoms with E-state index in [1.54, 1.807) is 26.1 Å². The fourth-order valence-corrected chi connectivity index (χ4v) is 2.77. The van der Waals surface area contributed by atoms with E-state index in [9.17, 15) is 8.78 Å². The van der Waals surface area contributed by atoms with Crippen molar-refractivity contribution in [3.63, 3.8) is 0 Å². The summed E-state index contributed by atoms with van der Waals surface area (Å²) >= 11 is 0. The maximum atomic E-state index is 12.4. The Morgan fingerprint density at radius 1 is 1.28 bits per heavy atom. The summed E-state index contributed by atoms with van der Waals surface area (Å²) in [4.78, 5) is 4.22. The van der Waals surface area contributed by atoms with Gasteiger partial charge in [-0.2, -0.15) is 8.78 Å². The van der Waals surface area contributed by atoms with Crippen LogP contribution in [-0.4, -0.2) is 32.3 Å². The van der Waals surface area contributed by atoms with Gasteiger partial charge < -0.3 is 20.1 Å². The Hall–Kier alpha value is -1.32. The number of hydrogen-bond donors (Lipinski definition) is 2. The number of alkyl halides is 2. The predicted octanol–water partition coefficient (Wildman–Crippen LogP) is 3.91. The van der Waals surface area contributed by atoms with Crippen LogP contribution in [0.5, 0.6) is 11.5 Å². The van der Waals surface area contributed by atoms with Crippen LogP contribution in [0.3, 0.4) is 0 Å². The second-order valence-electron chi connectivity index (χ2n) is 5.64. The average molecular weight is 469 g/mol. The number of rotatable bonds is 7. The summed E-state index contributed by atoms with van der Waals surface area (Å²) in [7, 11) is 1.73. The number of guanidine groups is 1. The summed E-state index contributed by atoms with van der Waals surface area (Å²) < 4.78 is 34.7. The van der Waals surface area contributed by atoms with E-state index < -0.39 is 6.61 Å². The van der Waals surface area contributed by atoms with E-state index in [4.69, 9.17) is 4.74 Å². The van der Waals surface area contributed by atoms with Gasteiger partial charge >= 0.3 is 6.61 Å². The van der Waals surface area contributed by atoms with Crippen LogP contribution in [0.25, 0.3) is 0 Å². The van der Waals surface area contributed by atoms with Crippen LogP contribution in [-0.2, 0) is 6.54 Å². The van der Waals surface area contributed by atoms with Gasteiger partial charge in [0, 0.05) is 19.6 Å². The molecule has 0 spiro atoms. The zero-order chi connectivity index (χ0) is 17.4. The van der Waals surface area contributed by atoms with Crippen molar-refractivity contribution < 1.29 is 18.3 Å². The van der Waals surface area contributed by atoms with Gasteiger partial charge in [-0.3, -0.25) is 4.99 Å². The Kier molecular flexibility index (Phi) is 9.84. The monoisotopic (exact) mass is 469 g/mol. The molecule has 1 aromatic carbocycles. The van der Waals surface area contributed by atoms with Gasteiger partial charge in [0.05, 0.1) is 6.61 Å². The fraction of sp³-hybridized carbons (Fsp3) is 0.588. The van der Waals surface area contributed by atoms with Crippen molar-refractivity contribution in [1.82, 2.24) is 10.6 Å². The zero-order valence-electron chi connectivity index (χ0n) is 14.6. The Balaban J connectivity index is 0.00000312.